The average Bonchev–Trinajstić information content (AvgIpc) is 2.83. The molecule has 0 radical (unpaired) electrons. The molecule has 5 nitrogen and oxygen atoms in total. The van der Waals surface area contributed by atoms with E-state index < -0.39 is 35.8 Å². The van der Waals surface area contributed by atoms with Crippen LogP contribution in [-0.2, 0) is 14.2 Å². The second-order valence-corrected chi connectivity index (χ2v) is 7.41. The van der Waals surface area contributed by atoms with Crippen LogP contribution in [0.15, 0.2) is 30.3 Å². The van der Waals surface area contributed by atoms with Gasteiger partial charge in [-0.1, -0.05) is 30.3 Å². The summed E-state index contributed by atoms with van der Waals surface area (Å²) in [5.41, 5.74) is 0.152. The quantitative estimate of drug-likeness (QED) is 0.870. The van der Waals surface area contributed by atoms with E-state index in [1.165, 1.54) is 0 Å². The SMILES string of the molecule is CC(C)(C)O[C@@H]([C@H](O)[C@@H](O)c1ccccc1)[C@H]1COC(C)(C)O1. The first-order chi connectivity index (χ1) is 10.6. The van der Waals surface area contributed by atoms with Gasteiger partial charge in [0.2, 0.25) is 0 Å². The van der Waals surface area contributed by atoms with Gasteiger partial charge in [0.15, 0.2) is 5.79 Å². The van der Waals surface area contributed by atoms with Crippen molar-refractivity contribution in [2.75, 3.05) is 6.61 Å². The molecule has 0 spiro atoms. The summed E-state index contributed by atoms with van der Waals surface area (Å²) in [6, 6.07) is 9.06. The topological polar surface area (TPSA) is 68.2 Å². The first-order valence-corrected chi connectivity index (χ1v) is 8.00. The molecular formula is C18H28O5. The third-order valence-corrected chi connectivity index (χ3v) is 3.69. The van der Waals surface area contributed by atoms with E-state index in [1.807, 2.05) is 52.8 Å². The molecule has 0 unspecified atom stereocenters. The summed E-state index contributed by atoms with van der Waals surface area (Å²) in [6.45, 7) is 9.67. The van der Waals surface area contributed by atoms with Crippen molar-refractivity contribution in [1.82, 2.24) is 0 Å². The van der Waals surface area contributed by atoms with Crippen LogP contribution in [0.3, 0.4) is 0 Å². The largest absolute Gasteiger partial charge is 0.387 e. The number of hydrogen-bond donors (Lipinski definition) is 2. The second kappa shape index (κ2) is 6.87. The Balaban J connectivity index is 2.19. The molecule has 1 fully saturated rings. The summed E-state index contributed by atoms with van der Waals surface area (Å²) in [5, 5.41) is 21.2. The highest BCUT2D eigenvalue weighted by molar-refractivity contribution is 5.19. The Morgan fingerprint density at radius 2 is 1.78 bits per heavy atom. The average molecular weight is 324 g/mol. The van der Waals surface area contributed by atoms with Crippen LogP contribution in [-0.4, -0.2) is 46.5 Å². The molecule has 130 valence electrons. The van der Waals surface area contributed by atoms with Gasteiger partial charge in [-0.3, -0.25) is 0 Å². The lowest BCUT2D eigenvalue weighted by atomic mass is 9.96. The van der Waals surface area contributed by atoms with Crippen LogP contribution in [0.2, 0.25) is 0 Å². The maximum Gasteiger partial charge on any atom is 0.163 e. The highest BCUT2D eigenvalue weighted by Gasteiger charge is 2.44. The Labute approximate surface area is 138 Å². The molecule has 2 rings (SSSR count). The number of aliphatic hydroxyl groups excluding tert-OH is 2. The number of benzene rings is 1. The fourth-order valence-corrected chi connectivity index (χ4v) is 2.68. The third kappa shape index (κ3) is 4.99. The van der Waals surface area contributed by atoms with Crippen molar-refractivity contribution in [3.05, 3.63) is 35.9 Å². The molecule has 23 heavy (non-hydrogen) atoms. The minimum Gasteiger partial charge on any atom is -0.387 e. The van der Waals surface area contributed by atoms with Gasteiger partial charge in [0, 0.05) is 0 Å². The molecule has 0 amide bonds. The maximum atomic E-state index is 10.7. The summed E-state index contributed by atoms with van der Waals surface area (Å²) in [5.74, 6) is -0.721. The van der Waals surface area contributed by atoms with E-state index in [-0.39, 0.29) is 0 Å². The Bertz CT molecular complexity index is 494. The Morgan fingerprint density at radius 1 is 1.17 bits per heavy atom. The predicted molar refractivity (Wildman–Crippen MR) is 86.9 cm³/mol. The Morgan fingerprint density at radius 3 is 2.26 bits per heavy atom. The van der Waals surface area contributed by atoms with E-state index >= 15 is 0 Å². The highest BCUT2D eigenvalue weighted by atomic mass is 16.8. The van der Waals surface area contributed by atoms with Crippen LogP contribution in [0.1, 0.15) is 46.3 Å². The summed E-state index contributed by atoms with van der Waals surface area (Å²) in [4.78, 5) is 0. The third-order valence-electron chi connectivity index (χ3n) is 3.69. The molecule has 0 saturated carbocycles. The minimum atomic E-state index is -1.13. The molecular weight excluding hydrogens is 296 g/mol. The number of hydrogen-bond acceptors (Lipinski definition) is 5. The van der Waals surface area contributed by atoms with Crippen molar-refractivity contribution >= 4 is 0 Å². The van der Waals surface area contributed by atoms with Gasteiger partial charge in [-0.05, 0) is 40.2 Å². The Kier molecular flexibility index (Phi) is 5.48. The number of aliphatic hydroxyl groups is 2. The Hall–Kier alpha value is -0.980. The highest BCUT2D eigenvalue weighted by Crippen LogP contribution is 2.32. The number of ether oxygens (including phenoxy) is 3. The molecule has 0 bridgehead atoms. The van der Waals surface area contributed by atoms with Crippen molar-refractivity contribution in [2.24, 2.45) is 0 Å². The molecule has 1 aromatic rings. The van der Waals surface area contributed by atoms with Crippen LogP contribution in [0.5, 0.6) is 0 Å². The van der Waals surface area contributed by atoms with E-state index in [1.54, 1.807) is 12.1 Å². The van der Waals surface area contributed by atoms with Crippen molar-refractivity contribution in [2.45, 2.75) is 70.4 Å². The normalized spacial score (nSPS) is 25.1. The van der Waals surface area contributed by atoms with Crippen molar-refractivity contribution < 1.29 is 24.4 Å². The van der Waals surface area contributed by atoms with Gasteiger partial charge in [0.25, 0.3) is 0 Å². The van der Waals surface area contributed by atoms with Gasteiger partial charge >= 0.3 is 0 Å². The van der Waals surface area contributed by atoms with Crippen LogP contribution in [0, 0.1) is 0 Å². The van der Waals surface area contributed by atoms with Gasteiger partial charge in [0.05, 0.1) is 12.2 Å². The molecule has 1 saturated heterocycles. The zero-order valence-corrected chi connectivity index (χ0v) is 14.5. The standard InChI is InChI=1S/C18H28O5/c1-17(2,3)23-16(13-11-21-18(4,5)22-13)15(20)14(19)12-9-7-6-8-10-12/h6-10,13-16,19-20H,11H2,1-5H3/t13-,14+,15-,16-/m1/s1. The van der Waals surface area contributed by atoms with Crippen molar-refractivity contribution in [3.63, 3.8) is 0 Å². The van der Waals surface area contributed by atoms with Crippen molar-refractivity contribution in [1.29, 1.82) is 0 Å². The summed E-state index contributed by atoms with van der Waals surface area (Å²) >= 11 is 0. The van der Waals surface area contributed by atoms with E-state index in [0.717, 1.165) is 0 Å². The molecule has 1 aliphatic heterocycles. The molecule has 5 heteroatoms. The van der Waals surface area contributed by atoms with E-state index in [9.17, 15) is 10.2 Å². The lowest BCUT2D eigenvalue weighted by Gasteiger charge is -2.35. The van der Waals surface area contributed by atoms with Gasteiger partial charge in [-0.15, -0.1) is 0 Å². The van der Waals surface area contributed by atoms with Crippen LogP contribution in [0.25, 0.3) is 0 Å². The lowest BCUT2D eigenvalue weighted by molar-refractivity contribution is -0.203. The van der Waals surface area contributed by atoms with Crippen LogP contribution < -0.4 is 0 Å². The van der Waals surface area contributed by atoms with Gasteiger partial charge in [-0.2, -0.15) is 0 Å². The molecule has 4 atom stereocenters. The minimum absolute atomic E-state index is 0.312. The zero-order chi connectivity index (χ0) is 17.3. The van der Waals surface area contributed by atoms with Gasteiger partial charge < -0.3 is 24.4 Å². The van der Waals surface area contributed by atoms with Crippen LogP contribution >= 0.6 is 0 Å². The molecule has 1 heterocycles. The lowest BCUT2D eigenvalue weighted by Crippen LogP contribution is -2.48. The van der Waals surface area contributed by atoms with E-state index in [2.05, 4.69) is 0 Å². The molecule has 0 aliphatic carbocycles. The first kappa shape index (κ1) is 18.4. The molecule has 0 aromatic heterocycles. The molecule has 1 aliphatic rings. The fourth-order valence-electron chi connectivity index (χ4n) is 2.68. The first-order valence-electron chi connectivity index (χ1n) is 8.00. The summed E-state index contributed by atoms with van der Waals surface area (Å²) in [6.07, 6.45) is -3.33. The van der Waals surface area contributed by atoms with Gasteiger partial charge in [-0.25, -0.2) is 0 Å². The smallest absolute Gasteiger partial charge is 0.163 e. The van der Waals surface area contributed by atoms with Crippen molar-refractivity contribution in [3.8, 4) is 0 Å². The second-order valence-electron chi connectivity index (χ2n) is 7.41. The van der Waals surface area contributed by atoms with Gasteiger partial charge in [0.1, 0.15) is 24.4 Å². The van der Waals surface area contributed by atoms with E-state index in [4.69, 9.17) is 14.2 Å². The zero-order valence-electron chi connectivity index (χ0n) is 14.5. The monoisotopic (exact) mass is 324 g/mol. The maximum absolute atomic E-state index is 10.7. The number of rotatable bonds is 5. The fraction of sp³-hybridized carbons (Fsp3) is 0.667. The predicted octanol–water partition coefficient (Wildman–Crippen LogP) is 2.42. The molecule has 1 aromatic carbocycles. The van der Waals surface area contributed by atoms with E-state index in [0.29, 0.717) is 12.2 Å². The summed E-state index contributed by atoms with van der Waals surface area (Å²) in [7, 11) is 0. The molecule has 2 N–H and O–H groups in total. The van der Waals surface area contributed by atoms with Crippen LogP contribution in [0.4, 0.5) is 0 Å². The summed E-state index contributed by atoms with van der Waals surface area (Å²) < 4.78 is 17.4.